The van der Waals surface area contributed by atoms with E-state index in [1.165, 1.54) is 24.3 Å². The summed E-state index contributed by atoms with van der Waals surface area (Å²) in [5.74, 6) is -1.99. The third-order valence-corrected chi connectivity index (χ3v) is 3.88. The first-order chi connectivity index (χ1) is 9.97. The molecule has 1 amide bonds. The number of anilines is 1. The van der Waals surface area contributed by atoms with Crippen molar-refractivity contribution >= 4 is 35.0 Å². The number of carboxylic acid groups (broad SMARTS) is 1. The molecule has 0 fully saturated rings. The predicted molar refractivity (Wildman–Crippen MR) is 80.1 cm³/mol. The molecule has 108 valence electrons. The van der Waals surface area contributed by atoms with Gasteiger partial charge in [-0.2, -0.15) is 0 Å². The van der Waals surface area contributed by atoms with Crippen molar-refractivity contribution in [3.05, 3.63) is 57.5 Å². The lowest BCUT2D eigenvalue weighted by molar-refractivity contribution is -0.131. The molecule has 1 aromatic heterocycles. The van der Waals surface area contributed by atoms with Crippen LogP contribution < -0.4 is 5.32 Å². The molecule has 2 aromatic rings. The highest BCUT2D eigenvalue weighted by molar-refractivity contribution is 7.15. The minimum absolute atomic E-state index is 0.108. The van der Waals surface area contributed by atoms with Crippen molar-refractivity contribution in [2.24, 2.45) is 0 Å². The Hall–Kier alpha value is -2.47. The standard InChI is InChI=1S/C15H12FNO3S/c1-9-8-13(21-12(9)6-7-14(18)19)15(20)17-11-5-3-2-4-10(11)16/h2-8H,1H3,(H,17,20)(H,18,19)/b7-6+. The number of amides is 1. The minimum Gasteiger partial charge on any atom is -0.478 e. The highest BCUT2D eigenvalue weighted by atomic mass is 32.1. The van der Waals surface area contributed by atoms with Gasteiger partial charge in [-0.05, 0) is 36.8 Å². The summed E-state index contributed by atoms with van der Waals surface area (Å²) in [5, 5.41) is 11.1. The second-order valence-electron chi connectivity index (χ2n) is 4.26. The molecule has 2 rings (SSSR count). The summed E-state index contributed by atoms with van der Waals surface area (Å²) in [6.45, 7) is 1.78. The summed E-state index contributed by atoms with van der Waals surface area (Å²) in [6, 6.07) is 7.53. The fourth-order valence-corrected chi connectivity index (χ4v) is 2.64. The summed E-state index contributed by atoms with van der Waals surface area (Å²) in [6.07, 6.45) is 2.44. The van der Waals surface area contributed by atoms with E-state index < -0.39 is 17.7 Å². The number of halogens is 1. The van der Waals surface area contributed by atoms with Crippen molar-refractivity contribution < 1.29 is 19.1 Å². The lowest BCUT2D eigenvalue weighted by Crippen LogP contribution is -2.11. The van der Waals surface area contributed by atoms with Crippen LogP contribution in [0.25, 0.3) is 6.08 Å². The highest BCUT2D eigenvalue weighted by Crippen LogP contribution is 2.24. The molecule has 4 nitrogen and oxygen atoms in total. The summed E-state index contributed by atoms with van der Waals surface area (Å²) < 4.78 is 13.5. The Balaban J connectivity index is 2.19. The number of thiophene rings is 1. The molecule has 0 unspecified atom stereocenters. The van der Waals surface area contributed by atoms with Gasteiger partial charge >= 0.3 is 5.97 Å². The van der Waals surface area contributed by atoms with Crippen LogP contribution in [0.15, 0.2) is 36.4 Å². The Morgan fingerprint density at radius 3 is 2.71 bits per heavy atom. The van der Waals surface area contributed by atoms with Gasteiger partial charge in [0, 0.05) is 11.0 Å². The molecule has 0 aliphatic carbocycles. The molecule has 0 bridgehead atoms. The number of rotatable bonds is 4. The van der Waals surface area contributed by atoms with Crippen LogP contribution in [0.3, 0.4) is 0 Å². The summed E-state index contributed by atoms with van der Waals surface area (Å²) >= 11 is 1.15. The van der Waals surface area contributed by atoms with Gasteiger partial charge in [-0.3, -0.25) is 4.79 Å². The molecule has 0 spiro atoms. The van der Waals surface area contributed by atoms with Crippen molar-refractivity contribution in [3.63, 3.8) is 0 Å². The van der Waals surface area contributed by atoms with Gasteiger partial charge in [0.05, 0.1) is 10.6 Å². The van der Waals surface area contributed by atoms with E-state index in [0.717, 1.165) is 23.0 Å². The number of aliphatic carboxylic acids is 1. The maximum Gasteiger partial charge on any atom is 0.328 e. The van der Waals surface area contributed by atoms with Crippen LogP contribution in [0.5, 0.6) is 0 Å². The molecule has 0 aliphatic rings. The SMILES string of the molecule is Cc1cc(C(=O)Nc2ccccc2F)sc1/C=C/C(=O)O. The number of hydrogen-bond donors (Lipinski definition) is 2. The molecular weight excluding hydrogens is 293 g/mol. The van der Waals surface area contributed by atoms with E-state index in [-0.39, 0.29) is 5.69 Å². The number of carbonyl (C=O) groups is 2. The first kappa shape index (κ1) is 14.9. The van der Waals surface area contributed by atoms with E-state index in [1.807, 2.05) is 0 Å². The van der Waals surface area contributed by atoms with Gasteiger partial charge in [-0.25, -0.2) is 9.18 Å². The molecule has 1 aromatic carbocycles. The Bertz CT molecular complexity index is 721. The van der Waals surface area contributed by atoms with Crippen LogP contribution >= 0.6 is 11.3 Å². The van der Waals surface area contributed by atoms with Crippen LogP contribution in [0.2, 0.25) is 0 Å². The zero-order valence-corrected chi connectivity index (χ0v) is 11.9. The second-order valence-corrected chi connectivity index (χ2v) is 5.35. The van der Waals surface area contributed by atoms with Crippen molar-refractivity contribution in [2.75, 3.05) is 5.32 Å². The number of nitrogens with one attached hydrogen (secondary N) is 1. The monoisotopic (exact) mass is 305 g/mol. The fourth-order valence-electron chi connectivity index (χ4n) is 1.67. The Kier molecular flexibility index (Phi) is 4.49. The van der Waals surface area contributed by atoms with E-state index in [9.17, 15) is 14.0 Å². The molecular formula is C15H12FNO3S. The smallest absolute Gasteiger partial charge is 0.328 e. The second kappa shape index (κ2) is 6.32. The Labute approximate surface area is 124 Å². The van der Waals surface area contributed by atoms with E-state index in [4.69, 9.17) is 5.11 Å². The lowest BCUT2D eigenvalue weighted by Gasteiger charge is -2.03. The number of carbonyl (C=O) groups excluding carboxylic acids is 1. The van der Waals surface area contributed by atoms with E-state index in [0.29, 0.717) is 9.75 Å². The topological polar surface area (TPSA) is 66.4 Å². The summed E-state index contributed by atoms with van der Waals surface area (Å²) in [5.41, 5.74) is 0.896. The Morgan fingerprint density at radius 1 is 1.33 bits per heavy atom. The van der Waals surface area contributed by atoms with Crippen LogP contribution in [0.4, 0.5) is 10.1 Å². The lowest BCUT2D eigenvalue weighted by atomic mass is 10.2. The van der Waals surface area contributed by atoms with E-state index in [1.54, 1.807) is 19.1 Å². The summed E-state index contributed by atoms with van der Waals surface area (Å²) in [4.78, 5) is 23.6. The molecule has 21 heavy (non-hydrogen) atoms. The van der Waals surface area contributed by atoms with Crippen LogP contribution in [-0.2, 0) is 4.79 Å². The van der Waals surface area contributed by atoms with Crippen molar-refractivity contribution in [3.8, 4) is 0 Å². The van der Waals surface area contributed by atoms with Crippen molar-refractivity contribution in [2.45, 2.75) is 6.92 Å². The fraction of sp³-hybridized carbons (Fsp3) is 0.0667. The van der Waals surface area contributed by atoms with Crippen molar-refractivity contribution in [1.29, 1.82) is 0 Å². The molecule has 0 radical (unpaired) electrons. The highest BCUT2D eigenvalue weighted by Gasteiger charge is 2.13. The molecule has 6 heteroatoms. The number of aryl methyl sites for hydroxylation is 1. The van der Waals surface area contributed by atoms with Gasteiger partial charge in [0.1, 0.15) is 5.82 Å². The van der Waals surface area contributed by atoms with Gasteiger partial charge in [0.15, 0.2) is 0 Å². The van der Waals surface area contributed by atoms with Gasteiger partial charge in [0.2, 0.25) is 0 Å². The Morgan fingerprint density at radius 2 is 2.05 bits per heavy atom. The zero-order chi connectivity index (χ0) is 15.4. The van der Waals surface area contributed by atoms with E-state index in [2.05, 4.69) is 5.32 Å². The number of benzene rings is 1. The number of carboxylic acids is 1. The average Bonchev–Trinajstić information content (AvgIpc) is 2.80. The third kappa shape index (κ3) is 3.76. The number of hydrogen-bond acceptors (Lipinski definition) is 3. The molecule has 0 atom stereocenters. The first-order valence-electron chi connectivity index (χ1n) is 6.04. The molecule has 1 heterocycles. The third-order valence-electron chi connectivity index (χ3n) is 2.68. The minimum atomic E-state index is -1.06. The predicted octanol–water partition coefficient (Wildman–Crippen LogP) is 3.55. The maximum atomic E-state index is 13.5. The zero-order valence-electron chi connectivity index (χ0n) is 11.1. The molecule has 0 saturated carbocycles. The van der Waals surface area contributed by atoms with Gasteiger partial charge in [-0.1, -0.05) is 12.1 Å². The largest absolute Gasteiger partial charge is 0.478 e. The first-order valence-corrected chi connectivity index (χ1v) is 6.86. The van der Waals surface area contributed by atoms with Gasteiger partial charge < -0.3 is 10.4 Å². The van der Waals surface area contributed by atoms with Crippen LogP contribution in [0.1, 0.15) is 20.1 Å². The van der Waals surface area contributed by atoms with Gasteiger partial charge in [-0.15, -0.1) is 11.3 Å². The van der Waals surface area contributed by atoms with Crippen LogP contribution in [-0.4, -0.2) is 17.0 Å². The van der Waals surface area contributed by atoms with Gasteiger partial charge in [0.25, 0.3) is 5.91 Å². The molecule has 2 N–H and O–H groups in total. The summed E-state index contributed by atoms with van der Waals surface area (Å²) in [7, 11) is 0. The number of para-hydroxylation sites is 1. The molecule has 0 aliphatic heterocycles. The maximum absolute atomic E-state index is 13.5. The average molecular weight is 305 g/mol. The van der Waals surface area contributed by atoms with Crippen molar-refractivity contribution in [1.82, 2.24) is 0 Å². The normalized spacial score (nSPS) is 10.8. The van der Waals surface area contributed by atoms with Crippen LogP contribution in [0, 0.1) is 12.7 Å². The molecule has 0 saturated heterocycles. The van der Waals surface area contributed by atoms with E-state index >= 15 is 0 Å². The quantitative estimate of drug-likeness (QED) is 0.849.